The van der Waals surface area contributed by atoms with Crippen molar-refractivity contribution in [3.05, 3.63) is 75.5 Å². The molecule has 1 heterocycles. The molecule has 3 aromatic rings. The molecule has 1 amide bonds. The first-order chi connectivity index (χ1) is 16.0. The van der Waals surface area contributed by atoms with Gasteiger partial charge in [0.05, 0.1) is 23.7 Å². The quantitative estimate of drug-likeness (QED) is 0.350. The van der Waals surface area contributed by atoms with E-state index in [0.717, 1.165) is 23.5 Å². The Morgan fingerprint density at radius 2 is 1.94 bits per heavy atom. The van der Waals surface area contributed by atoms with Crippen molar-refractivity contribution in [1.29, 1.82) is 5.26 Å². The van der Waals surface area contributed by atoms with E-state index in [-0.39, 0.29) is 22.9 Å². The summed E-state index contributed by atoms with van der Waals surface area (Å²) in [5.74, 6) is -2.59. The number of aromatic nitrogens is 1. The Hall–Kier alpha value is -3.34. The van der Waals surface area contributed by atoms with Gasteiger partial charge in [0.1, 0.15) is 17.4 Å². The van der Waals surface area contributed by atoms with Crippen LogP contribution in [-0.4, -0.2) is 25.5 Å². The topological polar surface area (TPSA) is 106 Å². The largest absolute Gasteiger partial charge is 0.419 e. The number of nitrogens with zero attached hydrogens (tertiary/aromatic N) is 3. The molecule has 7 nitrogen and oxygen atoms in total. The van der Waals surface area contributed by atoms with Crippen LogP contribution in [0.3, 0.4) is 0 Å². The molecule has 1 atom stereocenters. The van der Waals surface area contributed by atoms with Gasteiger partial charge in [0.15, 0.2) is 16.2 Å². The Balaban J connectivity index is 1.99. The van der Waals surface area contributed by atoms with Gasteiger partial charge in [-0.1, -0.05) is 6.07 Å². The molecule has 13 heteroatoms. The second kappa shape index (κ2) is 10.3. The van der Waals surface area contributed by atoms with Gasteiger partial charge < -0.3 is 14.8 Å². The lowest BCUT2D eigenvalue weighted by Crippen LogP contribution is -2.27. The van der Waals surface area contributed by atoms with Gasteiger partial charge in [-0.2, -0.15) is 18.4 Å². The molecule has 0 radical (unpaired) electrons. The van der Waals surface area contributed by atoms with Gasteiger partial charge in [-0.15, -0.1) is 11.3 Å². The molecule has 2 aromatic carbocycles. The molecule has 1 unspecified atom stereocenters. The van der Waals surface area contributed by atoms with E-state index >= 15 is 0 Å². The highest BCUT2D eigenvalue weighted by molar-refractivity contribution is 7.79. The van der Waals surface area contributed by atoms with E-state index in [1.165, 1.54) is 12.1 Å². The van der Waals surface area contributed by atoms with E-state index in [2.05, 4.69) is 10.3 Å². The number of hydrogen-bond acceptors (Lipinski definition) is 6. The van der Waals surface area contributed by atoms with Crippen molar-refractivity contribution in [2.24, 2.45) is 0 Å². The van der Waals surface area contributed by atoms with Gasteiger partial charge in [0, 0.05) is 10.6 Å². The molecule has 0 saturated heterocycles. The van der Waals surface area contributed by atoms with Crippen LogP contribution >= 0.6 is 11.3 Å². The van der Waals surface area contributed by atoms with Crippen LogP contribution in [0.4, 0.5) is 28.4 Å². The average molecular weight is 513 g/mol. The zero-order valence-electron chi connectivity index (χ0n) is 17.4. The minimum atomic E-state index is -4.83. The third-order valence-electron chi connectivity index (χ3n) is 4.58. The van der Waals surface area contributed by atoms with Gasteiger partial charge in [0.25, 0.3) is 5.91 Å². The normalized spacial score (nSPS) is 12.1. The fraction of sp³-hybridized carbons (Fsp3) is 0.190. The maximum Gasteiger partial charge on any atom is 0.419 e. The molecule has 0 aliphatic heterocycles. The highest BCUT2D eigenvalue weighted by Crippen LogP contribution is 2.35. The van der Waals surface area contributed by atoms with E-state index in [4.69, 9.17) is 9.81 Å². The number of anilines is 2. The Kier molecular flexibility index (Phi) is 7.65. The maximum atomic E-state index is 14.1. The highest BCUT2D eigenvalue weighted by Gasteiger charge is 2.34. The summed E-state index contributed by atoms with van der Waals surface area (Å²) in [7, 11) is 0. The van der Waals surface area contributed by atoms with Crippen LogP contribution in [0.1, 0.15) is 32.1 Å². The number of carbonyl (C=O) groups is 1. The van der Waals surface area contributed by atoms with Crippen LogP contribution < -0.4 is 10.2 Å². The second-order valence-corrected chi connectivity index (χ2v) is 9.04. The Bertz CT molecular complexity index is 1270. The monoisotopic (exact) mass is 512 g/mol. The summed E-state index contributed by atoms with van der Waals surface area (Å²) in [5.41, 5.74) is -0.299. The number of halogens is 4. The maximum absolute atomic E-state index is 14.1. The van der Waals surface area contributed by atoms with Crippen molar-refractivity contribution in [2.75, 3.05) is 10.8 Å². The van der Waals surface area contributed by atoms with Crippen LogP contribution in [0, 0.1) is 24.1 Å². The number of nitrogens with one attached hydrogen (secondary N) is 1. The zero-order valence-corrected chi connectivity index (χ0v) is 19.0. The number of benzene rings is 2. The van der Waals surface area contributed by atoms with Gasteiger partial charge in [0.2, 0.25) is 0 Å². The number of amides is 1. The Morgan fingerprint density at radius 1 is 1.26 bits per heavy atom. The minimum Gasteiger partial charge on any atom is -0.337 e. The summed E-state index contributed by atoms with van der Waals surface area (Å²) >= 11 is -1.15. The predicted octanol–water partition coefficient (Wildman–Crippen LogP) is 4.73. The molecule has 2 N–H and O–H groups in total. The lowest BCUT2D eigenvalue weighted by atomic mass is 10.1. The predicted molar refractivity (Wildman–Crippen MR) is 118 cm³/mol. The van der Waals surface area contributed by atoms with Gasteiger partial charge in [-0.05, 0) is 48.9 Å². The van der Waals surface area contributed by atoms with E-state index < -0.39 is 40.4 Å². The summed E-state index contributed by atoms with van der Waals surface area (Å²) in [6.07, 6.45) is -4.83. The first-order valence-corrected chi connectivity index (χ1v) is 11.5. The van der Waals surface area contributed by atoms with Crippen molar-refractivity contribution >= 4 is 39.1 Å². The molecular formula is C21H16F4N4O3S2. The summed E-state index contributed by atoms with van der Waals surface area (Å²) in [6.45, 7) is 1.52. The SMILES string of the molecule is Cc1sc(N(Cc2ccc(C(F)(F)F)c(F)c2)c2ccc(C#N)cc2)nc1C(=O)NCS(=O)O. The van der Waals surface area contributed by atoms with Crippen LogP contribution in [-0.2, 0) is 23.8 Å². The molecular weight excluding hydrogens is 496 g/mol. The molecule has 1 aromatic heterocycles. The summed E-state index contributed by atoms with van der Waals surface area (Å²) < 4.78 is 72.6. The van der Waals surface area contributed by atoms with E-state index in [0.29, 0.717) is 22.2 Å². The van der Waals surface area contributed by atoms with E-state index in [1.54, 1.807) is 24.0 Å². The van der Waals surface area contributed by atoms with Crippen LogP contribution in [0.5, 0.6) is 0 Å². The van der Waals surface area contributed by atoms with Crippen LogP contribution in [0.25, 0.3) is 0 Å². The number of carbonyl (C=O) groups excluding carboxylic acids is 1. The minimum absolute atomic E-state index is 0.00250. The molecule has 0 aliphatic carbocycles. The average Bonchev–Trinajstić information content (AvgIpc) is 3.16. The van der Waals surface area contributed by atoms with Crippen LogP contribution in [0.2, 0.25) is 0 Å². The molecule has 0 saturated carbocycles. The Labute approximate surface area is 197 Å². The Morgan fingerprint density at radius 3 is 2.50 bits per heavy atom. The zero-order chi connectivity index (χ0) is 25.0. The number of hydrogen-bond donors (Lipinski definition) is 2. The van der Waals surface area contributed by atoms with Crippen molar-refractivity contribution < 1.29 is 31.1 Å². The molecule has 0 bridgehead atoms. The molecule has 178 valence electrons. The lowest BCUT2D eigenvalue weighted by Gasteiger charge is -2.22. The molecule has 0 spiro atoms. The number of aryl methyl sites for hydroxylation is 1. The summed E-state index contributed by atoms with van der Waals surface area (Å²) in [4.78, 5) is 18.7. The van der Waals surface area contributed by atoms with Crippen molar-refractivity contribution in [3.63, 3.8) is 0 Å². The van der Waals surface area contributed by atoms with Gasteiger partial charge in [-0.3, -0.25) is 4.79 Å². The lowest BCUT2D eigenvalue weighted by molar-refractivity contribution is -0.140. The highest BCUT2D eigenvalue weighted by atomic mass is 32.2. The third-order valence-corrected chi connectivity index (χ3v) is 5.96. The molecule has 0 fully saturated rings. The van der Waals surface area contributed by atoms with Crippen molar-refractivity contribution in [1.82, 2.24) is 10.3 Å². The van der Waals surface area contributed by atoms with Gasteiger partial charge in [-0.25, -0.2) is 13.6 Å². The van der Waals surface area contributed by atoms with E-state index in [1.807, 2.05) is 6.07 Å². The first kappa shape index (κ1) is 25.3. The van der Waals surface area contributed by atoms with Crippen molar-refractivity contribution in [3.8, 4) is 6.07 Å². The smallest absolute Gasteiger partial charge is 0.337 e. The molecule has 34 heavy (non-hydrogen) atoms. The number of thiazole rings is 1. The number of rotatable bonds is 7. The summed E-state index contributed by atoms with van der Waals surface area (Å²) in [5, 5.41) is 11.6. The fourth-order valence-electron chi connectivity index (χ4n) is 2.97. The van der Waals surface area contributed by atoms with Gasteiger partial charge >= 0.3 is 6.18 Å². The first-order valence-electron chi connectivity index (χ1n) is 9.46. The molecule has 0 aliphatic rings. The summed E-state index contributed by atoms with van der Waals surface area (Å²) in [6, 6.07) is 10.8. The second-order valence-electron chi connectivity index (χ2n) is 6.93. The fourth-order valence-corrected chi connectivity index (χ4v) is 4.15. The molecule has 3 rings (SSSR count). The van der Waals surface area contributed by atoms with Crippen molar-refractivity contribution in [2.45, 2.75) is 19.6 Å². The number of nitriles is 1. The van der Waals surface area contributed by atoms with E-state index in [9.17, 15) is 26.6 Å². The standard InChI is InChI=1S/C21H16F4N4O3S2/c1-12-18(19(30)27-11-34(31)32)28-20(33-12)29(15-5-2-13(9-26)3-6-15)10-14-4-7-16(17(22)8-14)21(23,24)25/h2-8H,10-11H2,1H3,(H,27,30)(H,31,32). The third kappa shape index (κ3) is 5.96. The number of alkyl halides is 3. The van der Waals surface area contributed by atoms with Crippen LogP contribution in [0.15, 0.2) is 42.5 Å².